The minimum Gasteiger partial charge on any atom is -0.450 e. The van der Waals surface area contributed by atoms with E-state index in [1.54, 1.807) is 20.8 Å². The smallest absolute Gasteiger partial charge is 0.410 e. The second kappa shape index (κ2) is 12.3. The number of hydrogen-bond donors (Lipinski definition) is 2. The van der Waals surface area contributed by atoms with Gasteiger partial charge in [-0.3, -0.25) is 9.69 Å². The molecule has 0 aromatic rings. The summed E-state index contributed by atoms with van der Waals surface area (Å²) >= 11 is 0. The van der Waals surface area contributed by atoms with Crippen LogP contribution in [0.15, 0.2) is 0 Å². The Morgan fingerprint density at radius 2 is 1.74 bits per heavy atom. The molecule has 1 rings (SSSR count). The number of nitrogens with two attached hydrogens (primary N) is 1. The normalized spacial score (nSPS) is 16.3. The van der Waals surface area contributed by atoms with Gasteiger partial charge in [0.2, 0.25) is 5.91 Å². The number of rotatable bonds is 10. The van der Waals surface area contributed by atoms with Gasteiger partial charge in [-0.15, -0.1) is 0 Å². The highest BCUT2D eigenvalue weighted by molar-refractivity contribution is 6.76. The van der Waals surface area contributed by atoms with Crippen molar-refractivity contribution in [3.63, 3.8) is 0 Å². The summed E-state index contributed by atoms with van der Waals surface area (Å²) in [6.07, 6.45) is 5.40. The monoisotopic (exact) mass is 457 g/mol. The molecule has 0 bridgehead atoms. The van der Waals surface area contributed by atoms with Crippen molar-refractivity contribution in [3.05, 3.63) is 0 Å². The third-order valence-electron chi connectivity index (χ3n) is 5.19. The van der Waals surface area contributed by atoms with Crippen LogP contribution >= 0.6 is 0 Å². The highest BCUT2D eigenvalue weighted by Crippen LogP contribution is 2.27. The number of nitrogens with zero attached hydrogens (tertiary/aromatic N) is 1. The van der Waals surface area contributed by atoms with Crippen molar-refractivity contribution in [3.8, 4) is 0 Å². The molecule has 9 heteroatoms. The van der Waals surface area contributed by atoms with Gasteiger partial charge < -0.3 is 20.5 Å². The van der Waals surface area contributed by atoms with E-state index in [0.29, 0.717) is 12.5 Å². The molecule has 31 heavy (non-hydrogen) atoms. The number of alkyl carbamates (subject to hydrolysis) is 1. The molecule has 0 aliphatic heterocycles. The zero-order valence-corrected chi connectivity index (χ0v) is 21.3. The van der Waals surface area contributed by atoms with Crippen LogP contribution < -0.4 is 11.1 Å². The average Bonchev–Trinajstić information content (AvgIpc) is 2.58. The van der Waals surface area contributed by atoms with Crippen LogP contribution in [0, 0.1) is 5.92 Å². The van der Waals surface area contributed by atoms with E-state index in [0.717, 1.165) is 25.3 Å². The fourth-order valence-corrected chi connectivity index (χ4v) is 4.39. The Kier molecular flexibility index (Phi) is 10.8. The molecule has 3 N–H and O–H groups in total. The van der Waals surface area contributed by atoms with Crippen LogP contribution in [0.2, 0.25) is 25.7 Å². The van der Waals surface area contributed by atoms with Crippen molar-refractivity contribution in [1.29, 1.82) is 0 Å². The molecule has 0 radical (unpaired) electrons. The summed E-state index contributed by atoms with van der Waals surface area (Å²) in [6.45, 7) is 12.2. The first-order valence-electron chi connectivity index (χ1n) is 11.4. The predicted molar refractivity (Wildman–Crippen MR) is 125 cm³/mol. The zero-order chi connectivity index (χ0) is 23.7. The van der Waals surface area contributed by atoms with E-state index < -0.39 is 31.8 Å². The molecule has 180 valence electrons. The van der Waals surface area contributed by atoms with Gasteiger partial charge in [0.1, 0.15) is 12.1 Å². The van der Waals surface area contributed by atoms with E-state index in [9.17, 15) is 14.4 Å². The number of ether oxygens (including phenoxy) is 2. The van der Waals surface area contributed by atoms with Crippen LogP contribution in [-0.2, 0) is 14.3 Å². The third-order valence-corrected chi connectivity index (χ3v) is 6.89. The lowest BCUT2D eigenvalue weighted by Gasteiger charge is -2.31. The zero-order valence-electron chi connectivity index (χ0n) is 20.3. The Balaban J connectivity index is 2.84. The summed E-state index contributed by atoms with van der Waals surface area (Å²) in [5.41, 5.74) is 4.76. The van der Waals surface area contributed by atoms with Crippen molar-refractivity contribution >= 4 is 26.2 Å². The largest absolute Gasteiger partial charge is 0.450 e. The molecular weight excluding hydrogens is 414 g/mol. The first kappa shape index (κ1) is 27.3. The minimum atomic E-state index is -1.36. The molecule has 1 saturated carbocycles. The van der Waals surface area contributed by atoms with Gasteiger partial charge in [-0.2, -0.15) is 0 Å². The first-order chi connectivity index (χ1) is 14.2. The average molecular weight is 458 g/mol. The van der Waals surface area contributed by atoms with Gasteiger partial charge in [0.25, 0.3) is 0 Å². The molecule has 0 saturated heterocycles. The summed E-state index contributed by atoms with van der Waals surface area (Å²) in [7, 11) is -1.36. The highest BCUT2D eigenvalue weighted by Gasteiger charge is 2.28. The number of carbonyl (C=O) groups excluding carboxylic acids is 3. The Labute approximate surface area is 188 Å². The number of carbonyl (C=O) groups is 3. The molecular formula is C22H43N3O5Si. The summed E-state index contributed by atoms with van der Waals surface area (Å²) in [5, 5.41) is 2.90. The fourth-order valence-electron chi connectivity index (χ4n) is 3.67. The lowest BCUT2D eigenvalue weighted by atomic mass is 9.84. The Hall–Kier alpha value is -1.77. The Bertz CT molecular complexity index is 595. The predicted octanol–water partition coefficient (Wildman–Crippen LogP) is 4.11. The summed E-state index contributed by atoms with van der Waals surface area (Å²) in [4.78, 5) is 38.0. The fraction of sp³-hybridized carbons (Fsp3) is 0.864. The topological polar surface area (TPSA) is 111 Å². The molecule has 1 aliphatic carbocycles. The quantitative estimate of drug-likeness (QED) is 0.480. The van der Waals surface area contributed by atoms with Crippen LogP contribution in [0.3, 0.4) is 0 Å². The highest BCUT2D eigenvalue weighted by atomic mass is 28.3. The molecule has 3 amide bonds. The van der Waals surface area contributed by atoms with E-state index in [2.05, 4.69) is 25.0 Å². The minimum absolute atomic E-state index is 0.157. The van der Waals surface area contributed by atoms with E-state index >= 15 is 0 Å². The van der Waals surface area contributed by atoms with Gasteiger partial charge in [0.05, 0.1) is 12.6 Å². The second-order valence-electron chi connectivity index (χ2n) is 10.9. The van der Waals surface area contributed by atoms with Crippen LogP contribution in [-0.4, -0.2) is 62.4 Å². The van der Waals surface area contributed by atoms with Gasteiger partial charge >= 0.3 is 12.2 Å². The molecule has 0 aromatic carbocycles. The summed E-state index contributed by atoms with van der Waals surface area (Å²) < 4.78 is 10.8. The molecule has 0 spiro atoms. The second-order valence-corrected chi connectivity index (χ2v) is 16.5. The molecule has 1 atom stereocenters. The van der Waals surface area contributed by atoms with Gasteiger partial charge in [-0.05, 0) is 39.2 Å². The van der Waals surface area contributed by atoms with Crippen molar-refractivity contribution in [2.45, 2.75) is 96.6 Å². The molecule has 1 fully saturated rings. The van der Waals surface area contributed by atoms with Crippen LogP contribution in [0.5, 0.6) is 0 Å². The van der Waals surface area contributed by atoms with Crippen LogP contribution in [0.4, 0.5) is 9.59 Å². The lowest BCUT2D eigenvalue weighted by molar-refractivity contribution is -0.119. The SMILES string of the molecule is CC(C)(C)OC(=O)N[C@@H](CC1CCCCC1)CN(CC(N)=O)C(=O)OCC[Si](C)(C)C. The summed E-state index contributed by atoms with van der Waals surface area (Å²) in [5.74, 6) is -0.150. The van der Waals surface area contributed by atoms with E-state index in [-0.39, 0.29) is 19.1 Å². The van der Waals surface area contributed by atoms with Crippen LogP contribution in [0.1, 0.15) is 59.3 Å². The number of hydrogen-bond acceptors (Lipinski definition) is 5. The number of nitrogens with one attached hydrogen (secondary N) is 1. The van der Waals surface area contributed by atoms with Gasteiger partial charge in [0, 0.05) is 14.6 Å². The van der Waals surface area contributed by atoms with Crippen molar-refractivity contribution < 1.29 is 23.9 Å². The first-order valence-corrected chi connectivity index (χ1v) is 15.2. The molecule has 8 nitrogen and oxygen atoms in total. The van der Waals surface area contributed by atoms with Crippen molar-refractivity contribution in [1.82, 2.24) is 10.2 Å². The summed E-state index contributed by atoms with van der Waals surface area (Å²) in [6, 6.07) is 0.493. The maximum Gasteiger partial charge on any atom is 0.410 e. The lowest BCUT2D eigenvalue weighted by Crippen LogP contribution is -2.50. The van der Waals surface area contributed by atoms with E-state index in [1.165, 1.54) is 24.2 Å². The maximum absolute atomic E-state index is 12.7. The molecule has 0 heterocycles. The van der Waals surface area contributed by atoms with Crippen LogP contribution in [0.25, 0.3) is 0 Å². The van der Waals surface area contributed by atoms with E-state index in [4.69, 9.17) is 15.2 Å². The van der Waals surface area contributed by atoms with Gasteiger partial charge in [0.15, 0.2) is 0 Å². The van der Waals surface area contributed by atoms with E-state index in [1.807, 2.05) is 0 Å². The Morgan fingerprint density at radius 1 is 1.13 bits per heavy atom. The maximum atomic E-state index is 12.7. The number of primary amides is 1. The van der Waals surface area contributed by atoms with Gasteiger partial charge in [-0.25, -0.2) is 9.59 Å². The Morgan fingerprint density at radius 3 is 2.26 bits per heavy atom. The van der Waals surface area contributed by atoms with Gasteiger partial charge in [-0.1, -0.05) is 51.7 Å². The number of amides is 3. The van der Waals surface area contributed by atoms with Crippen molar-refractivity contribution in [2.75, 3.05) is 19.7 Å². The third kappa shape index (κ3) is 13.3. The standard InChI is InChI=1S/C22H43N3O5Si/c1-22(2,3)30-20(27)24-18(14-17-10-8-7-9-11-17)15-25(16-19(23)26)21(28)29-12-13-31(4,5)6/h17-18H,7-16H2,1-6H3,(H2,23,26)(H,24,27)/t18-/m0/s1. The molecule has 0 aromatic heterocycles. The molecule has 1 aliphatic rings. The van der Waals surface area contributed by atoms with Crippen molar-refractivity contribution in [2.24, 2.45) is 11.7 Å². The molecule has 0 unspecified atom stereocenters.